The molecule has 0 saturated heterocycles. The molecule has 0 spiro atoms. The molecule has 1 heterocycles. The average molecular weight is 354 g/mol. The van der Waals surface area contributed by atoms with Gasteiger partial charge in [-0.25, -0.2) is 0 Å². The lowest BCUT2D eigenvalue weighted by molar-refractivity contribution is -0.117. The number of amides is 2. The standard InChI is InChI=1S/C20H22N2O2S/c1-13(2)25-17-7-3-14(4-8-17)11-20(24)21-16-6-9-18-15(12-16)5-10-19(23)22-18/h3-4,6-9,12-13H,5,10-11H2,1-2H3,(H,21,24)(H,22,23). The lowest BCUT2D eigenvalue weighted by Crippen LogP contribution is -2.19. The number of benzene rings is 2. The Labute approximate surface area is 152 Å². The third kappa shape index (κ3) is 4.86. The van der Waals surface area contributed by atoms with E-state index in [2.05, 4.69) is 36.6 Å². The zero-order valence-corrected chi connectivity index (χ0v) is 15.3. The third-order valence-corrected chi connectivity index (χ3v) is 4.96. The maximum atomic E-state index is 12.3. The number of hydrogen-bond acceptors (Lipinski definition) is 3. The van der Waals surface area contributed by atoms with Crippen LogP contribution in [-0.4, -0.2) is 17.1 Å². The first-order valence-electron chi connectivity index (χ1n) is 8.48. The summed E-state index contributed by atoms with van der Waals surface area (Å²) in [4.78, 5) is 24.9. The molecule has 0 atom stereocenters. The summed E-state index contributed by atoms with van der Waals surface area (Å²) in [6, 6.07) is 13.8. The molecule has 2 aromatic rings. The van der Waals surface area contributed by atoms with Gasteiger partial charge in [-0.05, 0) is 47.9 Å². The van der Waals surface area contributed by atoms with E-state index in [-0.39, 0.29) is 11.8 Å². The molecule has 0 aromatic heterocycles. The summed E-state index contributed by atoms with van der Waals surface area (Å²) < 4.78 is 0. The highest BCUT2D eigenvalue weighted by atomic mass is 32.2. The smallest absolute Gasteiger partial charge is 0.228 e. The molecule has 1 aliphatic heterocycles. The van der Waals surface area contributed by atoms with Crippen molar-refractivity contribution in [1.29, 1.82) is 0 Å². The summed E-state index contributed by atoms with van der Waals surface area (Å²) in [6.07, 6.45) is 1.55. The number of nitrogens with one attached hydrogen (secondary N) is 2. The Morgan fingerprint density at radius 3 is 2.64 bits per heavy atom. The van der Waals surface area contributed by atoms with Crippen molar-refractivity contribution in [2.24, 2.45) is 0 Å². The monoisotopic (exact) mass is 354 g/mol. The van der Waals surface area contributed by atoms with Crippen molar-refractivity contribution in [2.45, 2.75) is 43.3 Å². The second kappa shape index (κ2) is 7.74. The summed E-state index contributed by atoms with van der Waals surface area (Å²) in [6.45, 7) is 4.33. The molecule has 2 amide bonds. The number of hydrogen-bond donors (Lipinski definition) is 2. The number of fused-ring (bicyclic) bond motifs is 1. The van der Waals surface area contributed by atoms with Gasteiger partial charge in [0.2, 0.25) is 11.8 Å². The summed E-state index contributed by atoms with van der Waals surface area (Å²) in [5, 5.41) is 6.33. The molecule has 2 N–H and O–H groups in total. The van der Waals surface area contributed by atoms with Crippen LogP contribution in [0.2, 0.25) is 0 Å². The number of rotatable bonds is 5. The highest BCUT2D eigenvalue weighted by molar-refractivity contribution is 7.99. The number of carbonyl (C=O) groups is 2. The molecule has 1 aliphatic rings. The van der Waals surface area contributed by atoms with Crippen molar-refractivity contribution in [3.63, 3.8) is 0 Å². The van der Waals surface area contributed by atoms with Crippen molar-refractivity contribution in [3.05, 3.63) is 53.6 Å². The Hall–Kier alpha value is -2.27. The van der Waals surface area contributed by atoms with Crippen LogP contribution in [0.25, 0.3) is 0 Å². The van der Waals surface area contributed by atoms with E-state index >= 15 is 0 Å². The average Bonchev–Trinajstić information content (AvgIpc) is 2.56. The quantitative estimate of drug-likeness (QED) is 0.789. The van der Waals surface area contributed by atoms with Crippen LogP contribution in [0.1, 0.15) is 31.4 Å². The fraction of sp³-hybridized carbons (Fsp3) is 0.300. The van der Waals surface area contributed by atoms with E-state index in [1.54, 1.807) is 0 Å². The minimum absolute atomic E-state index is 0.0379. The largest absolute Gasteiger partial charge is 0.326 e. The second-order valence-electron chi connectivity index (χ2n) is 6.46. The maximum absolute atomic E-state index is 12.3. The molecule has 0 bridgehead atoms. The van der Waals surface area contributed by atoms with Gasteiger partial charge in [-0.15, -0.1) is 11.8 Å². The first-order chi connectivity index (χ1) is 12.0. The van der Waals surface area contributed by atoms with Crippen molar-refractivity contribution in [2.75, 3.05) is 10.6 Å². The molecular formula is C20H22N2O2S. The van der Waals surface area contributed by atoms with Gasteiger partial charge in [-0.3, -0.25) is 9.59 Å². The van der Waals surface area contributed by atoms with E-state index < -0.39 is 0 Å². The van der Waals surface area contributed by atoms with Gasteiger partial charge in [0.25, 0.3) is 0 Å². The Bertz CT molecular complexity index is 785. The number of aryl methyl sites for hydroxylation is 1. The van der Waals surface area contributed by atoms with Crippen molar-refractivity contribution < 1.29 is 9.59 Å². The number of thioether (sulfide) groups is 1. The van der Waals surface area contributed by atoms with Crippen LogP contribution >= 0.6 is 11.8 Å². The highest BCUT2D eigenvalue weighted by Gasteiger charge is 2.15. The number of carbonyl (C=O) groups excluding carboxylic acids is 2. The molecule has 2 aromatic carbocycles. The summed E-state index contributed by atoms with van der Waals surface area (Å²) >= 11 is 1.81. The molecule has 0 unspecified atom stereocenters. The molecular weight excluding hydrogens is 332 g/mol. The van der Waals surface area contributed by atoms with Crippen LogP contribution in [0.5, 0.6) is 0 Å². The number of anilines is 2. The topological polar surface area (TPSA) is 58.2 Å². The molecule has 25 heavy (non-hydrogen) atoms. The van der Waals surface area contributed by atoms with Gasteiger partial charge < -0.3 is 10.6 Å². The Kier molecular flexibility index (Phi) is 5.43. The fourth-order valence-corrected chi connectivity index (χ4v) is 3.65. The van der Waals surface area contributed by atoms with E-state index in [1.165, 1.54) is 4.90 Å². The summed E-state index contributed by atoms with van der Waals surface area (Å²) in [5.74, 6) is 0.00687. The molecule has 5 heteroatoms. The van der Waals surface area contributed by atoms with Crippen LogP contribution < -0.4 is 10.6 Å². The van der Waals surface area contributed by atoms with Gasteiger partial charge in [0.15, 0.2) is 0 Å². The first kappa shape index (κ1) is 17.5. The molecule has 130 valence electrons. The van der Waals surface area contributed by atoms with E-state index in [4.69, 9.17) is 0 Å². The summed E-state index contributed by atoms with van der Waals surface area (Å²) in [7, 11) is 0. The van der Waals surface area contributed by atoms with Gasteiger partial charge in [0.1, 0.15) is 0 Å². The predicted octanol–water partition coefficient (Wildman–Crippen LogP) is 4.25. The second-order valence-corrected chi connectivity index (χ2v) is 8.11. The minimum atomic E-state index is -0.0379. The van der Waals surface area contributed by atoms with Gasteiger partial charge in [-0.1, -0.05) is 26.0 Å². The fourth-order valence-electron chi connectivity index (χ4n) is 2.81. The SMILES string of the molecule is CC(C)Sc1ccc(CC(=O)Nc2ccc3c(c2)CCC(=O)N3)cc1. The van der Waals surface area contributed by atoms with E-state index in [9.17, 15) is 9.59 Å². The molecule has 0 radical (unpaired) electrons. The van der Waals surface area contributed by atoms with Crippen LogP contribution in [0.15, 0.2) is 47.4 Å². The van der Waals surface area contributed by atoms with Crippen molar-refractivity contribution in [1.82, 2.24) is 0 Å². The van der Waals surface area contributed by atoms with Crippen molar-refractivity contribution in [3.8, 4) is 0 Å². The van der Waals surface area contributed by atoms with Gasteiger partial charge >= 0.3 is 0 Å². The maximum Gasteiger partial charge on any atom is 0.228 e. The normalized spacial score (nSPS) is 13.3. The van der Waals surface area contributed by atoms with Crippen LogP contribution in [0, 0.1) is 0 Å². The minimum Gasteiger partial charge on any atom is -0.326 e. The predicted molar refractivity (Wildman–Crippen MR) is 103 cm³/mol. The molecule has 0 fully saturated rings. The van der Waals surface area contributed by atoms with E-state index in [1.807, 2.05) is 42.1 Å². The first-order valence-corrected chi connectivity index (χ1v) is 9.36. The zero-order valence-electron chi connectivity index (χ0n) is 14.5. The van der Waals surface area contributed by atoms with Crippen molar-refractivity contribution >= 4 is 35.0 Å². The van der Waals surface area contributed by atoms with Crippen LogP contribution in [-0.2, 0) is 22.4 Å². The lowest BCUT2D eigenvalue weighted by atomic mass is 10.0. The highest BCUT2D eigenvalue weighted by Crippen LogP contribution is 2.26. The Morgan fingerprint density at radius 2 is 1.92 bits per heavy atom. The van der Waals surface area contributed by atoms with Gasteiger partial charge in [0.05, 0.1) is 6.42 Å². The van der Waals surface area contributed by atoms with E-state index in [0.717, 1.165) is 22.5 Å². The molecule has 3 rings (SSSR count). The summed E-state index contributed by atoms with van der Waals surface area (Å²) in [5.41, 5.74) is 3.67. The lowest BCUT2D eigenvalue weighted by Gasteiger charge is -2.17. The van der Waals surface area contributed by atoms with Crippen LogP contribution in [0.4, 0.5) is 11.4 Å². The molecule has 0 aliphatic carbocycles. The van der Waals surface area contributed by atoms with E-state index in [0.29, 0.717) is 24.5 Å². The van der Waals surface area contributed by atoms with Gasteiger partial charge in [-0.2, -0.15) is 0 Å². The zero-order chi connectivity index (χ0) is 17.8. The molecule has 0 saturated carbocycles. The Balaban J connectivity index is 1.60. The molecule has 4 nitrogen and oxygen atoms in total. The van der Waals surface area contributed by atoms with Crippen LogP contribution in [0.3, 0.4) is 0 Å². The third-order valence-electron chi connectivity index (χ3n) is 3.94. The van der Waals surface area contributed by atoms with Gasteiger partial charge in [0, 0.05) is 27.9 Å². The Morgan fingerprint density at radius 1 is 1.16 bits per heavy atom.